The van der Waals surface area contributed by atoms with Crippen LogP contribution in [0.25, 0.3) is 0 Å². The molecule has 1 amide bonds. The van der Waals surface area contributed by atoms with E-state index in [-0.39, 0.29) is 11.9 Å². The molecule has 0 fully saturated rings. The lowest BCUT2D eigenvalue weighted by atomic mass is 10.1. The third-order valence-electron chi connectivity index (χ3n) is 5.00. The van der Waals surface area contributed by atoms with Crippen LogP contribution in [0.15, 0.2) is 36.4 Å². The fourth-order valence-electron chi connectivity index (χ4n) is 3.71. The van der Waals surface area contributed by atoms with Gasteiger partial charge in [0.1, 0.15) is 0 Å². The van der Waals surface area contributed by atoms with Crippen molar-refractivity contribution in [2.24, 2.45) is 0 Å². The van der Waals surface area contributed by atoms with Gasteiger partial charge in [-0.1, -0.05) is 6.07 Å². The van der Waals surface area contributed by atoms with Crippen LogP contribution in [0, 0.1) is 0 Å². The number of methoxy groups -OCH3 is 2. The van der Waals surface area contributed by atoms with Crippen molar-refractivity contribution in [1.29, 1.82) is 0 Å². The van der Waals surface area contributed by atoms with Gasteiger partial charge >= 0.3 is 0 Å². The van der Waals surface area contributed by atoms with Crippen molar-refractivity contribution in [3.8, 4) is 11.5 Å². The maximum absolute atomic E-state index is 12.5. The normalized spacial score (nSPS) is 15.7. The number of amides is 1. The Morgan fingerprint density at radius 2 is 1.86 bits per heavy atom. The van der Waals surface area contributed by atoms with Crippen molar-refractivity contribution in [2.75, 3.05) is 31.3 Å². The molecular formula is C21H26N2O5S. The molecule has 1 aliphatic rings. The molecule has 2 aromatic carbocycles. The van der Waals surface area contributed by atoms with E-state index in [2.05, 4.69) is 5.32 Å². The van der Waals surface area contributed by atoms with E-state index in [1.165, 1.54) is 10.6 Å². The highest BCUT2D eigenvalue weighted by Crippen LogP contribution is 2.34. The van der Waals surface area contributed by atoms with Crippen molar-refractivity contribution in [3.63, 3.8) is 0 Å². The summed E-state index contributed by atoms with van der Waals surface area (Å²) in [5.41, 5.74) is 3.07. The molecule has 0 saturated carbocycles. The number of nitrogens with zero attached hydrogens (tertiary/aromatic N) is 1. The molecule has 0 aliphatic carbocycles. The summed E-state index contributed by atoms with van der Waals surface area (Å²) in [5.74, 6) is 1.13. The minimum absolute atomic E-state index is 0.150. The van der Waals surface area contributed by atoms with Gasteiger partial charge in [-0.05, 0) is 61.2 Å². The quantitative estimate of drug-likeness (QED) is 0.746. The molecule has 7 nitrogen and oxygen atoms in total. The number of ether oxygens (including phenoxy) is 2. The fraction of sp³-hybridized carbons (Fsp3) is 0.381. The second-order valence-corrected chi connectivity index (χ2v) is 9.01. The highest BCUT2D eigenvalue weighted by Gasteiger charge is 2.32. The second kappa shape index (κ2) is 8.32. The molecule has 0 aromatic heterocycles. The largest absolute Gasteiger partial charge is 0.493 e. The number of carbonyl (C=O) groups is 1. The Kier molecular flexibility index (Phi) is 6.02. The van der Waals surface area contributed by atoms with Gasteiger partial charge in [-0.25, -0.2) is 8.42 Å². The minimum atomic E-state index is -3.34. The Balaban J connectivity index is 1.65. The van der Waals surface area contributed by atoms with E-state index >= 15 is 0 Å². The van der Waals surface area contributed by atoms with E-state index in [9.17, 15) is 13.2 Å². The highest BCUT2D eigenvalue weighted by atomic mass is 32.2. The number of hydrogen-bond acceptors (Lipinski definition) is 5. The van der Waals surface area contributed by atoms with Gasteiger partial charge in [-0.3, -0.25) is 9.10 Å². The first kappa shape index (κ1) is 21.0. The molecule has 0 spiro atoms. The first-order valence-electron chi connectivity index (χ1n) is 9.36. The SMILES string of the molecule is COc1ccc(CCNC(=O)c2ccc3c(c2)C[C@H](C)N3S(C)(=O)=O)cc1OC. The van der Waals surface area contributed by atoms with Crippen LogP contribution in [0.5, 0.6) is 11.5 Å². The predicted molar refractivity (Wildman–Crippen MR) is 113 cm³/mol. The lowest BCUT2D eigenvalue weighted by molar-refractivity contribution is 0.0954. The summed E-state index contributed by atoms with van der Waals surface area (Å²) in [7, 11) is -0.166. The highest BCUT2D eigenvalue weighted by molar-refractivity contribution is 7.92. The van der Waals surface area contributed by atoms with Crippen LogP contribution in [-0.4, -0.2) is 47.4 Å². The van der Waals surface area contributed by atoms with Crippen LogP contribution in [0.4, 0.5) is 5.69 Å². The van der Waals surface area contributed by atoms with Gasteiger partial charge < -0.3 is 14.8 Å². The summed E-state index contributed by atoms with van der Waals surface area (Å²) in [6, 6.07) is 10.7. The number of rotatable bonds is 7. The zero-order chi connectivity index (χ0) is 21.2. The van der Waals surface area contributed by atoms with Gasteiger partial charge in [0.25, 0.3) is 5.91 Å². The molecule has 0 unspecified atom stereocenters. The van der Waals surface area contributed by atoms with Crippen molar-refractivity contribution in [2.45, 2.75) is 25.8 Å². The number of fused-ring (bicyclic) bond motifs is 1. The summed E-state index contributed by atoms with van der Waals surface area (Å²) in [5, 5.41) is 2.91. The zero-order valence-electron chi connectivity index (χ0n) is 17.1. The zero-order valence-corrected chi connectivity index (χ0v) is 17.9. The molecule has 0 radical (unpaired) electrons. The van der Waals surface area contributed by atoms with E-state index in [1.54, 1.807) is 32.4 Å². The van der Waals surface area contributed by atoms with E-state index in [4.69, 9.17) is 9.47 Å². The average molecular weight is 419 g/mol. The monoisotopic (exact) mass is 418 g/mol. The molecule has 1 heterocycles. The molecular weight excluding hydrogens is 392 g/mol. The summed E-state index contributed by atoms with van der Waals surface area (Å²) < 4.78 is 36.0. The Bertz CT molecular complexity index is 1020. The maximum Gasteiger partial charge on any atom is 0.251 e. The van der Waals surface area contributed by atoms with Crippen molar-refractivity contribution >= 4 is 21.6 Å². The first-order valence-corrected chi connectivity index (χ1v) is 11.2. The van der Waals surface area contributed by atoms with E-state index in [1.807, 2.05) is 25.1 Å². The Morgan fingerprint density at radius 1 is 1.14 bits per heavy atom. The summed E-state index contributed by atoms with van der Waals surface area (Å²) >= 11 is 0. The smallest absolute Gasteiger partial charge is 0.251 e. The van der Waals surface area contributed by atoms with Crippen LogP contribution >= 0.6 is 0 Å². The van der Waals surface area contributed by atoms with Gasteiger partial charge in [0.05, 0.1) is 26.2 Å². The van der Waals surface area contributed by atoms with Crippen molar-refractivity contribution in [3.05, 3.63) is 53.1 Å². The number of sulfonamides is 1. The number of benzene rings is 2. The van der Waals surface area contributed by atoms with Crippen LogP contribution in [0.1, 0.15) is 28.4 Å². The topological polar surface area (TPSA) is 84.9 Å². The summed E-state index contributed by atoms with van der Waals surface area (Å²) in [4.78, 5) is 12.5. The number of anilines is 1. The first-order chi connectivity index (χ1) is 13.7. The minimum Gasteiger partial charge on any atom is -0.493 e. The Labute approximate surface area is 171 Å². The molecule has 1 aliphatic heterocycles. The van der Waals surface area contributed by atoms with Crippen molar-refractivity contribution < 1.29 is 22.7 Å². The number of hydrogen-bond donors (Lipinski definition) is 1. The lowest BCUT2D eigenvalue weighted by Crippen LogP contribution is -2.34. The molecule has 156 valence electrons. The van der Waals surface area contributed by atoms with Crippen LogP contribution < -0.4 is 19.1 Å². The molecule has 3 rings (SSSR count). The summed E-state index contributed by atoms with van der Waals surface area (Å²) in [6.45, 7) is 2.33. The third kappa shape index (κ3) is 4.48. The maximum atomic E-state index is 12.5. The molecule has 29 heavy (non-hydrogen) atoms. The van der Waals surface area contributed by atoms with Gasteiger partial charge in [-0.15, -0.1) is 0 Å². The van der Waals surface area contributed by atoms with Crippen LogP contribution in [0.3, 0.4) is 0 Å². The molecule has 1 N–H and O–H groups in total. The lowest BCUT2D eigenvalue weighted by Gasteiger charge is -2.21. The molecule has 8 heteroatoms. The van der Waals surface area contributed by atoms with Crippen LogP contribution in [-0.2, 0) is 22.9 Å². The second-order valence-electron chi connectivity index (χ2n) is 7.15. The summed E-state index contributed by atoms with van der Waals surface area (Å²) in [6.07, 6.45) is 2.44. The van der Waals surface area contributed by atoms with Crippen LogP contribution in [0.2, 0.25) is 0 Å². The Morgan fingerprint density at radius 3 is 2.52 bits per heavy atom. The molecule has 1 atom stereocenters. The van der Waals surface area contributed by atoms with Gasteiger partial charge in [0, 0.05) is 18.2 Å². The third-order valence-corrected chi connectivity index (χ3v) is 6.27. The Hall–Kier alpha value is -2.74. The fourth-order valence-corrected chi connectivity index (χ4v) is 4.97. The average Bonchev–Trinajstić information content (AvgIpc) is 3.02. The van der Waals surface area contributed by atoms with Gasteiger partial charge in [0.2, 0.25) is 10.0 Å². The van der Waals surface area contributed by atoms with Crippen molar-refractivity contribution in [1.82, 2.24) is 5.32 Å². The van der Waals surface area contributed by atoms with E-state index in [0.29, 0.717) is 42.1 Å². The predicted octanol–water partition coefficient (Wildman–Crippen LogP) is 2.39. The standard InChI is InChI=1S/C21H26N2O5S/c1-14-11-17-13-16(6-7-18(17)23(14)29(4,25)26)21(24)22-10-9-15-5-8-19(27-2)20(12-15)28-3/h5-8,12-14H,9-11H2,1-4H3,(H,22,24)/t14-/m0/s1. The van der Waals surface area contributed by atoms with Gasteiger partial charge in [-0.2, -0.15) is 0 Å². The molecule has 0 bridgehead atoms. The number of nitrogens with one attached hydrogen (secondary N) is 1. The van der Waals surface area contributed by atoms with Gasteiger partial charge in [0.15, 0.2) is 11.5 Å². The molecule has 0 saturated heterocycles. The van der Waals surface area contributed by atoms with E-state index in [0.717, 1.165) is 11.1 Å². The number of carbonyl (C=O) groups excluding carboxylic acids is 1. The van der Waals surface area contributed by atoms with E-state index < -0.39 is 10.0 Å². The molecule has 2 aromatic rings.